The zero-order chi connectivity index (χ0) is 22.0. The van der Waals surface area contributed by atoms with Crippen LogP contribution in [-0.2, 0) is 4.74 Å². The van der Waals surface area contributed by atoms with Gasteiger partial charge in [0.25, 0.3) is 5.91 Å². The van der Waals surface area contributed by atoms with Gasteiger partial charge in [-0.05, 0) is 35.6 Å². The van der Waals surface area contributed by atoms with E-state index in [0.29, 0.717) is 24.8 Å². The molecule has 4 rings (SSSR count). The summed E-state index contributed by atoms with van der Waals surface area (Å²) in [6, 6.07) is 16.2. The first-order valence-corrected chi connectivity index (χ1v) is 10.7. The standard InChI is InChI=1S/C25H29N3O3/c1-16(2)17-9-11-18(12-10-17)24-21-22(19-7-5-8-20(15-19)31-4)26-27-23(21)25(29)28(24)13-6-14-30-3/h5,7-12,15-16,24H,6,13-14H2,1-4H3,(H,26,27). The van der Waals surface area contributed by atoms with Crippen molar-refractivity contribution in [3.05, 3.63) is 70.9 Å². The van der Waals surface area contributed by atoms with Crippen molar-refractivity contribution in [3.8, 4) is 17.0 Å². The molecule has 1 N–H and O–H groups in total. The predicted molar refractivity (Wildman–Crippen MR) is 120 cm³/mol. The third kappa shape index (κ3) is 3.95. The van der Waals surface area contributed by atoms with Gasteiger partial charge in [0.15, 0.2) is 0 Å². The number of fused-ring (bicyclic) bond motifs is 1. The van der Waals surface area contributed by atoms with Crippen LogP contribution in [-0.4, -0.2) is 48.4 Å². The Hall–Kier alpha value is -3.12. The topological polar surface area (TPSA) is 67.5 Å². The van der Waals surface area contributed by atoms with Crippen LogP contribution in [0, 0.1) is 0 Å². The third-order valence-corrected chi connectivity index (χ3v) is 5.87. The lowest BCUT2D eigenvalue weighted by atomic mass is 9.93. The van der Waals surface area contributed by atoms with E-state index in [4.69, 9.17) is 9.47 Å². The van der Waals surface area contributed by atoms with Gasteiger partial charge >= 0.3 is 0 Å². The Morgan fingerprint density at radius 3 is 2.58 bits per heavy atom. The minimum Gasteiger partial charge on any atom is -0.497 e. The second kappa shape index (κ2) is 8.94. The first-order chi connectivity index (χ1) is 15.0. The highest BCUT2D eigenvalue weighted by Gasteiger charge is 2.41. The number of aromatic nitrogens is 2. The quantitative estimate of drug-likeness (QED) is 0.533. The lowest BCUT2D eigenvalue weighted by Crippen LogP contribution is -2.31. The highest BCUT2D eigenvalue weighted by Crippen LogP contribution is 2.43. The van der Waals surface area contributed by atoms with Gasteiger partial charge in [-0.25, -0.2) is 0 Å². The van der Waals surface area contributed by atoms with Crippen LogP contribution in [0.15, 0.2) is 48.5 Å². The van der Waals surface area contributed by atoms with Crippen molar-refractivity contribution < 1.29 is 14.3 Å². The molecule has 0 bridgehead atoms. The molecule has 1 aliphatic heterocycles. The van der Waals surface area contributed by atoms with Gasteiger partial charge in [0.2, 0.25) is 0 Å². The normalized spacial score (nSPS) is 15.6. The van der Waals surface area contributed by atoms with Crippen molar-refractivity contribution in [2.24, 2.45) is 0 Å². The Balaban J connectivity index is 1.80. The van der Waals surface area contributed by atoms with Crippen LogP contribution in [0.4, 0.5) is 0 Å². The molecule has 6 nitrogen and oxygen atoms in total. The average Bonchev–Trinajstić information content (AvgIpc) is 3.33. The second-order valence-corrected chi connectivity index (χ2v) is 8.16. The lowest BCUT2D eigenvalue weighted by Gasteiger charge is -2.26. The number of hydrogen-bond donors (Lipinski definition) is 1. The van der Waals surface area contributed by atoms with Crippen LogP contribution < -0.4 is 4.74 Å². The van der Waals surface area contributed by atoms with E-state index in [1.807, 2.05) is 29.2 Å². The summed E-state index contributed by atoms with van der Waals surface area (Å²) in [6.45, 7) is 5.58. The van der Waals surface area contributed by atoms with Gasteiger partial charge in [0, 0.05) is 31.4 Å². The molecule has 1 atom stereocenters. The molecule has 0 saturated heterocycles. The fourth-order valence-corrected chi connectivity index (χ4v) is 4.21. The Bertz CT molecular complexity index is 1060. The van der Waals surface area contributed by atoms with Gasteiger partial charge in [-0.3, -0.25) is 9.89 Å². The Labute approximate surface area is 183 Å². The average molecular weight is 420 g/mol. The molecule has 1 amide bonds. The van der Waals surface area contributed by atoms with Gasteiger partial charge in [0.1, 0.15) is 11.4 Å². The van der Waals surface area contributed by atoms with E-state index in [-0.39, 0.29) is 11.9 Å². The van der Waals surface area contributed by atoms with Crippen LogP contribution in [0.3, 0.4) is 0 Å². The number of amides is 1. The van der Waals surface area contributed by atoms with Crippen LogP contribution in [0.1, 0.15) is 59.4 Å². The number of ether oxygens (including phenoxy) is 2. The van der Waals surface area contributed by atoms with E-state index in [0.717, 1.165) is 34.6 Å². The van der Waals surface area contributed by atoms with Crippen molar-refractivity contribution in [1.29, 1.82) is 0 Å². The van der Waals surface area contributed by atoms with Crippen LogP contribution in [0.2, 0.25) is 0 Å². The van der Waals surface area contributed by atoms with Crippen molar-refractivity contribution in [1.82, 2.24) is 15.1 Å². The molecule has 2 aromatic carbocycles. The zero-order valence-electron chi connectivity index (χ0n) is 18.5. The van der Waals surface area contributed by atoms with Crippen LogP contribution in [0.5, 0.6) is 5.75 Å². The minimum absolute atomic E-state index is 0.0225. The summed E-state index contributed by atoms with van der Waals surface area (Å²) in [6.07, 6.45) is 0.773. The summed E-state index contributed by atoms with van der Waals surface area (Å²) in [5.74, 6) is 1.19. The van der Waals surface area contributed by atoms with E-state index >= 15 is 0 Å². The molecule has 3 aromatic rings. The van der Waals surface area contributed by atoms with E-state index in [1.54, 1.807) is 14.2 Å². The maximum Gasteiger partial charge on any atom is 0.273 e. The molecule has 0 fully saturated rings. The lowest BCUT2D eigenvalue weighted by molar-refractivity contribution is 0.0723. The Morgan fingerprint density at radius 2 is 1.90 bits per heavy atom. The van der Waals surface area contributed by atoms with Gasteiger partial charge in [-0.15, -0.1) is 0 Å². The van der Waals surface area contributed by atoms with E-state index in [9.17, 15) is 4.79 Å². The fraction of sp³-hybridized carbons (Fsp3) is 0.360. The number of methoxy groups -OCH3 is 2. The maximum atomic E-state index is 13.3. The van der Waals surface area contributed by atoms with Crippen LogP contribution in [0.25, 0.3) is 11.3 Å². The number of rotatable bonds is 8. The molecule has 31 heavy (non-hydrogen) atoms. The number of benzene rings is 2. The number of carbonyl (C=O) groups is 1. The summed E-state index contributed by atoms with van der Waals surface area (Å²) in [5.41, 5.74) is 5.56. The summed E-state index contributed by atoms with van der Waals surface area (Å²) < 4.78 is 10.6. The third-order valence-electron chi connectivity index (χ3n) is 5.87. The molecule has 0 spiro atoms. The largest absolute Gasteiger partial charge is 0.497 e. The smallest absolute Gasteiger partial charge is 0.273 e. The van der Waals surface area contributed by atoms with E-state index in [2.05, 4.69) is 48.3 Å². The molecule has 2 heterocycles. The molecule has 1 unspecified atom stereocenters. The number of aromatic amines is 1. The molecule has 1 aromatic heterocycles. The highest BCUT2D eigenvalue weighted by molar-refractivity contribution is 6.00. The second-order valence-electron chi connectivity index (χ2n) is 8.16. The van der Waals surface area contributed by atoms with E-state index < -0.39 is 0 Å². The van der Waals surface area contributed by atoms with Crippen molar-refractivity contribution >= 4 is 5.91 Å². The molecule has 6 heteroatoms. The molecular formula is C25H29N3O3. The molecule has 0 aliphatic carbocycles. The first kappa shape index (κ1) is 21.1. The molecule has 162 valence electrons. The van der Waals surface area contributed by atoms with E-state index in [1.165, 1.54) is 5.56 Å². The molecule has 1 aliphatic rings. The van der Waals surface area contributed by atoms with Crippen molar-refractivity contribution in [3.63, 3.8) is 0 Å². The highest BCUT2D eigenvalue weighted by atomic mass is 16.5. The number of hydrogen-bond acceptors (Lipinski definition) is 4. The SMILES string of the molecule is COCCCN1C(=O)c2[nH]nc(-c3cccc(OC)c3)c2C1c1ccc(C(C)C)cc1. The number of carbonyl (C=O) groups excluding carboxylic acids is 1. The number of nitrogens with one attached hydrogen (secondary N) is 1. The molecular weight excluding hydrogens is 390 g/mol. The monoisotopic (exact) mass is 419 g/mol. The summed E-state index contributed by atoms with van der Waals surface area (Å²) >= 11 is 0. The number of H-pyrrole nitrogens is 1. The number of nitrogens with zero attached hydrogens (tertiary/aromatic N) is 2. The van der Waals surface area contributed by atoms with Crippen molar-refractivity contribution in [2.75, 3.05) is 27.4 Å². The molecule has 0 radical (unpaired) electrons. The summed E-state index contributed by atoms with van der Waals surface area (Å²) in [5, 5.41) is 7.54. The van der Waals surface area contributed by atoms with Gasteiger partial charge < -0.3 is 14.4 Å². The van der Waals surface area contributed by atoms with Crippen molar-refractivity contribution in [2.45, 2.75) is 32.2 Å². The Morgan fingerprint density at radius 1 is 1.13 bits per heavy atom. The predicted octanol–water partition coefficient (Wildman–Crippen LogP) is 4.79. The molecule has 0 saturated carbocycles. The zero-order valence-corrected chi connectivity index (χ0v) is 18.5. The minimum atomic E-state index is -0.194. The Kier molecular flexibility index (Phi) is 6.09. The maximum absolute atomic E-state index is 13.3. The van der Waals surface area contributed by atoms with Gasteiger partial charge in [0.05, 0.1) is 18.8 Å². The van der Waals surface area contributed by atoms with Gasteiger partial charge in [-0.2, -0.15) is 5.10 Å². The fourth-order valence-electron chi connectivity index (χ4n) is 4.21. The summed E-state index contributed by atoms with van der Waals surface area (Å²) in [7, 11) is 3.33. The first-order valence-electron chi connectivity index (χ1n) is 10.7. The van der Waals surface area contributed by atoms with Gasteiger partial charge in [-0.1, -0.05) is 50.2 Å². The summed E-state index contributed by atoms with van der Waals surface area (Å²) in [4.78, 5) is 15.2. The van der Waals surface area contributed by atoms with Crippen LogP contribution >= 0.6 is 0 Å².